The number of benzene rings is 2. The predicted molar refractivity (Wildman–Crippen MR) is 97.2 cm³/mol. The molecule has 24 heavy (non-hydrogen) atoms. The van der Waals surface area contributed by atoms with E-state index in [9.17, 15) is 0 Å². The normalized spacial score (nSPS) is 16.2. The van der Waals surface area contributed by atoms with Crippen LogP contribution in [0.5, 0.6) is 11.5 Å². The lowest BCUT2D eigenvalue weighted by molar-refractivity contribution is 0.0888. The Labute approximate surface area is 148 Å². The van der Waals surface area contributed by atoms with Crippen LogP contribution in [0.2, 0.25) is 0 Å². The number of hydrogen-bond acceptors (Lipinski definition) is 5. The minimum atomic E-state index is 0.0843. The van der Waals surface area contributed by atoms with Crippen LogP contribution < -0.4 is 14.8 Å². The molecule has 2 heterocycles. The lowest BCUT2D eigenvalue weighted by Gasteiger charge is -2.26. The molecule has 0 amide bonds. The first-order valence-electron chi connectivity index (χ1n) is 7.83. The van der Waals surface area contributed by atoms with Crippen molar-refractivity contribution >= 4 is 38.3 Å². The summed E-state index contributed by atoms with van der Waals surface area (Å²) in [6.45, 7) is 2.66. The van der Waals surface area contributed by atoms with E-state index in [1.165, 1.54) is 0 Å². The van der Waals surface area contributed by atoms with Crippen LogP contribution in [0.25, 0.3) is 10.9 Å². The molecule has 0 aliphatic carbocycles. The molecule has 1 aromatic heterocycles. The third kappa shape index (κ3) is 2.89. The van der Waals surface area contributed by atoms with Gasteiger partial charge in [-0.05, 0) is 30.7 Å². The van der Waals surface area contributed by atoms with Crippen molar-refractivity contribution < 1.29 is 9.47 Å². The van der Waals surface area contributed by atoms with E-state index in [2.05, 4.69) is 38.1 Å². The maximum absolute atomic E-state index is 6.00. The van der Waals surface area contributed by atoms with Gasteiger partial charge in [0.1, 0.15) is 24.9 Å². The van der Waals surface area contributed by atoms with Gasteiger partial charge in [-0.3, -0.25) is 0 Å². The van der Waals surface area contributed by atoms with Crippen LogP contribution in [0.15, 0.2) is 47.2 Å². The zero-order valence-electron chi connectivity index (χ0n) is 13.1. The number of anilines is 2. The van der Waals surface area contributed by atoms with Crippen LogP contribution in [-0.2, 0) is 0 Å². The molecule has 1 aliphatic rings. The molecule has 1 atom stereocenters. The maximum Gasteiger partial charge on any atom is 0.163 e. The number of rotatable bonds is 3. The Morgan fingerprint density at radius 1 is 1.21 bits per heavy atom. The van der Waals surface area contributed by atoms with E-state index in [0.717, 1.165) is 44.8 Å². The van der Waals surface area contributed by atoms with Crippen molar-refractivity contribution in [3.63, 3.8) is 0 Å². The molecule has 3 aromatic rings. The Hall–Kier alpha value is -2.34. The summed E-state index contributed by atoms with van der Waals surface area (Å²) in [4.78, 5) is 8.74. The molecule has 0 fully saturated rings. The first-order chi connectivity index (χ1) is 11.7. The third-order valence-corrected chi connectivity index (χ3v) is 4.46. The van der Waals surface area contributed by atoms with E-state index in [-0.39, 0.29) is 6.10 Å². The van der Waals surface area contributed by atoms with Gasteiger partial charge in [-0.15, -0.1) is 0 Å². The van der Waals surface area contributed by atoms with Crippen molar-refractivity contribution in [3.8, 4) is 11.5 Å². The molecule has 5 nitrogen and oxygen atoms in total. The Morgan fingerprint density at radius 3 is 2.96 bits per heavy atom. The minimum Gasteiger partial charge on any atom is -0.486 e. The average Bonchev–Trinajstić information content (AvgIpc) is 2.60. The molecule has 1 N–H and O–H groups in total. The fourth-order valence-electron chi connectivity index (χ4n) is 2.67. The standard InChI is InChI=1S/C18H16BrN3O2/c1-2-13-9-23-16-8-15-14(7-17(16)24-13)18(21-10-20-15)22-12-5-3-4-11(19)6-12/h3-8,10,13H,2,9H2,1H3,(H,20,21,22). The zero-order chi connectivity index (χ0) is 16.5. The van der Waals surface area contributed by atoms with Gasteiger partial charge < -0.3 is 14.8 Å². The van der Waals surface area contributed by atoms with Gasteiger partial charge >= 0.3 is 0 Å². The fourth-order valence-corrected chi connectivity index (χ4v) is 3.07. The molecule has 0 radical (unpaired) electrons. The van der Waals surface area contributed by atoms with Crippen LogP contribution >= 0.6 is 15.9 Å². The lowest BCUT2D eigenvalue weighted by atomic mass is 10.1. The summed E-state index contributed by atoms with van der Waals surface area (Å²) >= 11 is 3.48. The van der Waals surface area contributed by atoms with E-state index < -0.39 is 0 Å². The Morgan fingerprint density at radius 2 is 2.12 bits per heavy atom. The molecule has 4 rings (SSSR count). The molecular formula is C18H16BrN3O2. The number of nitrogens with zero attached hydrogens (tertiary/aromatic N) is 2. The molecule has 0 spiro atoms. The molecule has 0 saturated heterocycles. The fraction of sp³-hybridized carbons (Fsp3) is 0.222. The summed E-state index contributed by atoms with van der Waals surface area (Å²) in [5.41, 5.74) is 1.77. The van der Waals surface area contributed by atoms with Gasteiger partial charge in [0.05, 0.1) is 5.52 Å². The number of hydrogen-bond donors (Lipinski definition) is 1. The molecule has 6 heteroatoms. The van der Waals surface area contributed by atoms with E-state index in [1.54, 1.807) is 6.33 Å². The van der Waals surface area contributed by atoms with Crippen LogP contribution in [0.3, 0.4) is 0 Å². The van der Waals surface area contributed by atoms with E-state index in [1.807, 2.05) is 36.4 Å². The monoisotopic (exact) mass is 385 g/mol. The predicted octanol–water partition coefficient (Wildman–Crippen LogP) is 4.69. The largest absolute Gasteiger partial charge is 0.486 e. The quantitative estimate of drug-likeness (QED) is 0.708. The van der Waals surface area contributed by atoms with Gasteiger partial charge in [-0.2, -0.15) is 0 Å². The maximum atomic E-state index is 6.00. The van der Waals surface area contributed by atoms with E-state index >= 15 is 0 Å². The smallest absolute Gasteiger partial charge is 0.163 e. The number of nitrogens with one attached hydrogen (secondary N) is 1. The molecule has 1 aliphatic heterocycles. The SMILES string of the molecule is CCC1COc2cc3ncnc(Nc4cccc(Br)c4)c3cc2O1. The van der Waals surface area contributed by atoms with Gasteiger partial charge in [0.25, 0.3) is 0 Å². The Kier molecular flexibility index (Phi) is 3.98. The van der Waals surface area contributed by atoms with Gasteiger partial charge in [0.15, 0.2) is 11.5 Å². The van der Waals surface area contributed by atoms with Gasteiger partial charge in [-0.1, -0.05) is 28.9 Å². The summed E-state index contributed by atoms with van der Waals surface area (Å²) in [5.74, 6) is 2.22. The Balaban J connectivity index is 1.76. The highest BCUT2D eigenvalue weighted by Crippen LogP contribution is 2.38. The first-order valence-corrected chi connectivity index (χ1v) is 8.63. The van der Waals surface area contributed by atoms with Crippen molar-refractivity contribution in [1.82, 2.24) is 9.97 Å². The van der Waals surface area contributed by atoms with Crippen LogP contribution in [0.1, 0.15) is 13.3 Å². The third-order valence-electron chi connectivity index (χ3n) is 3.96. The van der Waals surface area contributed by atoms with Crippen molar-refractivity contribution in [2.45, 2.75) is 19.4 Å². The highest BCUT2D eigenvalue weighted by atomic mass is 79.9. The summed E-state index contributed by atoms with van der Waals surface area (Å²) in [6, 6.07) is 11.8. The molecule has 0 saturated carbocycles. The highest BCUT2D eigenvalue weighted by molar-refractivity contribution is 9.10. The van der Waals surface area contributed by atoms with Crippen LogP contribution in [-0.4, -0.2) is 22.7 Å². The number of fused-ring (bicyclic) bond motifs is 2. The van der Waals surface area contributed by atoms with Crippen LogP contribution in [0.4, 0.5) is 11.5 Å². The number of ether oxygens (including phenoxy) is 2. The highest BCUT2D eigenvalue weighted by Gasteiger charge is 2.21. The van der Waals surface area contributed by atoms with E-state index in [4.69, 9.17) is 9.47 Å². The zero-order valence-corrected chi connectivity index (χ0v) is 14.7. The second-order valence-corrected chi connectivity index (χ2v) is 6.55. The number of aromatic nitrogens is 2. The van der Waals surface area contributed by atoms with Gasteiger partial charge in [-0.25, -0.2) is 9.97 Å². The van der Waals surface area contributed by atoms with Crippen molar-refractivity contribution in [1.29, 1.82) is 0 Å². The van der Waals surface area contributed by atoms with E-state index in [0.29, 0.717) is 6.61 Å². The minimum absolute atomic E-state index is 0.0843. The molecule has 0 bridgehead atoms. The molecule has 1 unspecified atom stereocenters. The average molecular weight is 386 g/mol. The molecule has 122 valence electrons. The summed E-state index contributed by atoms with van der Waals surface area (Å²) in [7, 11) is 0. The summed E-state index contributed by atoms with van der Waals surface area (Å²) in [5, 5.41) is 4.24. The van der Waals surface area contributed by atoms with Crippen LogP contribution in [0, 0.1) is 0 Å². The van der Waals surface area contributed by atoms with Gasteiger partial charge in [0.2, 0.25) is 0 Å². The summed E-state index contributed by atoms with van der Waals surface area (Å²) in [6.07, 6.45) is 2.54. The van der Waals surface area contributed by atoms with Crippen molar-refractivity contribution in [3.05, 3.63) is 47.2 Å². The summed E-state index contributed by atoms with van der Waals surface area (Å²) < 4.78 is 12.8. The van der Waals surface area contributed by atoms with Gasteiger partial charge in [0, 0.05) is 21.6 Å². The van der Waals surface area contributed by atoms with Crippen molar-refractivity contribution in [2.75, 3.05) is 11.9 Å². The second-order valence-electron chi connectivity index (χ2n) is 5.63. The molecular weight excluding hydrogens is 370 g/mol. The molecule has 2 aromatic carbocycles. The lowest BCUT2D eigenvalue weighted by Crippen LogP contribution is -2.28. The number of halogens is 1. The van der Waals surface area contributed by atoms with Crippen molar-refractivity contribution in [2.24, 2.45) is 0 Å². The topological polar surface area (TPSA) is 56.3 Å². The first kappa shape index (κ1) is 15.2. The second kappa shape index (κ2) is 6.28. The Bertz CT molecular complexity index is 901.